The summed E-state index contributed by atoms with van der Waals surface area (Å²) in [6.07, 6.45) is 6.72. The normalized spacial score (nSPS) is 15.1. The molecule has 0 spiro atoms. The molecule has 8 heteroatoms. The van der Waals surface area contributed by atoms with E-state index in [9.17, 15) is 9.59 Å². The number of nitrogens with one attached hydrogen (secondary N) is 2. The van der Waals surface area contributed by atoms with Gasteiger partial charge in [-0.25, -0.2) is 4.98 Å². The SMILES string of the molecule is COCCn1c(-c2c[nH]c(=O)c(C)c2)nc2cc(CNC(CC(C)C)C(=O)OC3CCCC3)ccc21. The third-order valence-corrected chi connectivity index (χ3v) is 6.81. The predicted molar refractivity (Wildman–Crippen MR) is 141 cm³/mol. The van der Waals surface area contributed by atoms with Crippen LogP contribution in [0.4, 0.5) is 0 Å². The highest BCUT2D eigenvalue weighted by molar-refractivity contribution is 5.81. The van der Waals surface area contributed by atoms with Crippen molar-refractivity contribution >= 4 is 17.0 Å². The summed E-state index contributed by atoms with van der Waals surface area (Å²) in [6.45, 7) is 7.77. The number of hydrogen-bond acceptors (Lipinski definition) is 6. The van der Waals surface area contributed by atoms with Crippen molar-refractivity contribution in [1.82, 2.24) is 19.9 Å². The number of imidazole rings is 1. The number of fused-ring (bicyclic) bond motifs is 1. The van der Waals surface area contributed by atoms with Crippen molar-refractivity contribution in [3.05, 3.63) is 51.9 Å². The molecule has 8 nitrogen and oxygen atoms in total. The highest BCUT2D eigenvalue weighted by Gasteiger charge is 2.26. The number of pyridine rings is 1. The molecule has 4 rings (SSSR count). The topological polar surface area (TPSA) is 98.2 Å². The van der Waals surface area contributed by atoms with Gasteiger partial charge in [-0.1, -0.05) is 19.9 Å². The van der Waals surface area contributed by atoms with E-state index in [-0.39, 0.29) is 23.7 Å². The lowest BCUT2D eigenvalue weighted by Crippen LogP contribution is -2.40. The van der Waals surface area contributed by atoms with Crippen LogP contribution in [0.15, 0.2) is 35.3 Å². The zero-order valence-electron chi connectivity index (χ0n) is 21.8. The minimum atomic E-state index is -0.333. The molecule has 36 heavy (non-hydrogen) atoms. The molecule has 2 N–H and O–H groups in total. The average molecular weight is 495 g/mol. The molecule has 2 heterocycles. The Morgan fingerprint density at radius 2 is 2.03 bits per heavy atom. The fourth-order valence-electron chi connectivity index (χ4n) is 4.87. The number of rotatable bonds is 11. The van der Waals surface area contributed by atoms with Crippen LogP contribution in [-0.2, 0) is 27.4 Å². The lowest BCUT2D eigenvalue weighted by Gasteiger charge is -2.22. The first kappa shape index (κ1) is 26.1. The quantitative estimate of drug-likeness (QED) is 0.385. The van der Waals surface area contributed by atoms with Gasteiger partial charge in [0.2, 0.25) is 0 Å². The van der Waals surface area contributed by atoms with E-state index in [0.29, 0.717) is 31.2 Å². The van der Waals surface area contributed by atoms with Crippen LogP contribution < -0.4 is 10.9 Å². The Balaban J connectivity index is 1.56. The van der Waals surface area contributed by atoms with Gasteiger partial charge in [0.15, 0.2) is 0 Å². The number of carbonyl (C=O) groups excluding carboxylic acids is 1. The Hall–Kier alpha value is -2.97. The molecular weight excluding hydrogens is 456 g/mol. The largest absolute Gasteiger partial charge is 0.461 e. The van der Waals surface area contributed by atoms with Gasteiger partial charge >= 0.3 is 5.97 Å². The van der Waals surface area contributed by atoms with Gasteiger partial charge in [-0.3, -0.25) is 9.59 Å². The molecule has 1 aliphatic rings. The number of hydrogen-bond donors (Lipinski definition) is 2. The molecule has 3 aromatic rings. The summed E-state index contributed by atoms with van der Waals surface area (Å²) in [4.78, 5) is 32.5. The summed E-state index contributed by atoms with van der Waals surface area (Å²) in [5, 5.41) is 3.44. The summed E-state index contributed by atoms with van der Waals surface area (Å²) in [6, 6.07) is 7.71. The van der Waals surface area contributed by atoms with Gasteiger partial charge in [-0.05, 0) is 68.7 Å². The number of benzene rings is 1. The van der Waals surface area contributed by atoms with Gasteiger partial charge in [0.05, 0.1) is 17.6 Å². The van der Waals surface area contributed by atoms with Crippen molar-refractivity contribution in [2.24, 2.45) is 5.92 Å². The number of aryl methyl sites for hydroxylation is 1. The number of methoxy groups -OCH3 is 1. The molecule has 194 valence electrons. The van der Waals surface area contributed by atoms with Crippen LogP contribution in [-0.4, -0.2) is 46.4 Å². The summed E-state index contributed by atoms with van der Waals surface area (Å²) < 4.78 is 13.2. The zero-order chi connectivity index (χ0) is 25.7. The Morgan fingerprint density at radius 1 is 1.25 bits per heavy atom. The van der Waals surface area contributed by atoms with Gasteiger partial charge in [-0.15, -0.1) is 0 Å². The number of ether oxygens (including phenoxy) is 2. The molecule has 1 atom stereocenters. The van der Waals surface area contributed by atoms with E-state index in [1.165, 1.54) is 0 Å². The smallest absolute Gasteiger partial charge is 0.323 e. The lowest BCUT2D eigenvalue weighted by atomic mass is 10.0. The van der Waals surface area contributed by atoms with Gasteiger partial charge in [-0.2, -0.15) is 0 Å². The number of H-pyrrole nitrogens is 1. The van der Waals surface area contributed by atoms with Gasteiger partial charge in [0.25, 0.3) is 5.56 Å². The second kappa shape index (κ2) is 11.8. The summed E-state index contributed by atoms with van der Waals surface area (Å²) >= 11 is 0. The van der Waals surface area contributed by atoms with Crippen LogP contribution in [0.1, 0.15) is 57.1 Å². The van der Waals surface area contributed by atoms with E-state index < -0.39 is 0 Å². The van der Waals surface area contributed by atoms with E-state index in [1.807, 2.05) is 6.07 Å². The fourth-order valence-corrected chi connectivity index (χ4v) is 4.87. The molecule has 0 radical (unpaired) electrons. The second-order valence-corrected chi connectivity index (χ2v) is 10.2. The molecule has 0 bridgehead atoms. The molecule has 0 aliphatic heterocycles. The molecule has 1 fully saturated rings. The first-order valence-electron chi connectivity index (χ1n) is 13.0. The molecule has 2 aromatic heterocycles. The van der Waals surface area contributed by atoms with Crippen molar-refractivity contribution in [3.63, 3.8) is 0 Å². The van der Waals surface area contributed by atoms with Crippen molar-refractivity contribution < 1.29 is 14.3 Å². The number of aromatic amines is 1. The van der Waals surface area contributed by atoms with Crippen LogP contribution >= 0.6 is 0 Å². The Labute approximate surface area is 212 Å². The second-order valence-electron chi connectivity index (χ2n) is 10.2. The maximum absolute atomic E-state index is 12.9. The minimum Gasteiger partial charge on any atom is -0.461 e. The van der Waals surface area contributed by atoms with Crippen LogP contribution in [0.25, 0.3) is 22.4 Å². The Kier molecular flexibility index (Phi) is 8.59. The maximum Gasteiger partial charge on any atom is 0.323 e. The van der Waals surface area contributed by atoms with E-state index in [4.69, 9.17) is 14.5 Å². The van der Waals surface area contributed by atoms with E-state index >= 15 is 0 Å². The maximum atomic E-state index is 12.9. The van der Waals surface area contributed by atoms with Crippen LogP contribution in [0.2, 0.25) is 0 Å². The first-order chi connectivity index (χ1) is 17.4. The molecule has 0 amide bonds. The minimum absolute atomic E-state index is 0.0661. The number of esters is 1. The lowest BCUT2D eigenvalue weighted by molar-refractivity contribution is -0.151. The molecule has 1 aromatic carbocycles. The number of carbonyl (C=O) groups is 1. The standard InChI is InChI=1S/C28H38N4O4/c1-18(2)13-24(28(34)36-22-7-5-6-8-22)29-16-20-9-10-25-23(15-20)31-26(32(25)11-12-35-4)21-14-19(3)27(33)30-17-21/h9-10,14-15,17-18,22,24,29H,5-8,11-13,16H2,1-4H3,(H,30,33). The Bertz CT molecular complexity index is 1240. The third-order valence-electron chi connectivity index (χ3n) is 6.81. The number of nitrogens with zero attached hydrogens (tertiary/aromatic N) is 2. The Morgan fingerprint density at radius 3 is 2.72 bits per heavy atom. The highest BCUT2D eigenvalue weighted by atomic mass is 16.5. The van der Waals surface area contributed by atoms with E-state index in [2.05, 4.69) is 46.9 Å². The molecular formula is C28H38N4O4. The van der Waals surface area contributed by atoms with Gasteiger partial charge in [0.1, 0.15) is 18.0 Å². The van der Waals surface area contributed by atoms with Crippen molar-refractivity contribution in [3.8, 4) is 11.4 Å². The van der Waals surface area contributed by atoms with E-state index in [1.54, 1.807) is 20.2 Å². The fraction of sp³-hybridized carbons (Fsp3) is 0.536. The summed E-state index contributed by atoms with van der Waals surface area (Å²) in [5.41, 5.74) is 4.29. The molecule has 1 aliphatic carbocycles. The highest BCUT2D eigenvalue weighted by Crippen LogP contribution is 2.26. The third kappa shape index (κ3) is 6.23. The summed E-state index contributed by atoms with van der Waals surface area (Å²) in [7, 11) is 1.68. The van der Waals surface area contributed by atoms with E-state index in [0.717, 1.165) is 60.1 Å². The van der Waals surface area contributed by atoms with Crippen molar-refractivity contribution in [1.29, 1.82) is 0 Å². The van der Waals surface area contributed by atoms with Crippen molar-refractivity contribution in [2.45, 2.75) is 78.1 Å². The molecule has 0 saturated heterocycles. The first-order valence-corrected chi connectivity index (χ1v) is 13.0. The molecule has 1 unspecified atom stereocenters. The zero-order valence-corrected chi connectivity index (χ0v) is 21.8. The summed E-state index contributed by atoms with van der Waals surface area (Å²) in [5.74, 6) is 1.02. The van der Waals surface area contributed by atoms with Crippen LogP contribution in [0.3, 0.4) is 0 Å². The number of aromatic nitrogens is 3. The van der Waals surface area contributed by atoms with Crippen LogP contribution in [0.5, 0.6) is 0 Å². The van der Waals surface area contributed by atoms with Gasteiger partial charge in [0, 0.05) is 37.5 Å². The average Bonchev–Trinajstić information content (AvgIpc) is 3.49. The van der Waals surface area contributed by atoms with Gasteiger partial charge < -0.3 is 24.3 Å². The molecule has 1 saturated carbocycles. The predicted octanol–water partition coefficient (Wildman–Crippen LogP) is 4.34. The van der Waals surface area contributed by atoms with Crippen molar-refractivity contribution in [2.75, 3.05) is 13.7 Å². The monoisotopic (exact) mass is 494 g/mol. The van der Waals surface area contributed by atoms with Crippen LogP contribution in [0, 0.1) is 12.8 Å².